The molecule has 0 atom stereocenters. The number of ketones is 1. The van der Waals surface area contributed by atoms with E-state index in [2.05, 4.69) is 10.3 Å². The first-order valence-electron chi connectivity index (χ1n) is 6.69. The molecule has 4 nitrogen and oxygen atoms in total. The Bertz CT molecular complexity index is 757. The predicted octanol–water partition coefficient (Wildman–Crippen LogP) is 2.23. The molecule has 0 saturated heterocycles. The summed E-state index contributed by atoms with van der Waals surface area (Å²) >= 11 is 0. The fraction of sp³-hybridized carbons (Fsp3) is 0.118. The average molecular weight is 275 g/mol. The lowest BCUT2D eigenvalue weighted by atomic mass is 9.92. The highest BCUT2D eigenvalue weighted by Crippen LogP contribution is 2.25. The van der Waals surface area contributed by atoms with Gasteiger partial charge in [0, 0.05) is 19.2 Å². The first kappa shape index (κ1) is 13.1. The number of benzene rings is 1. The first-order chi connectivity index (χ1) is 10.3. The van der Waals surface area contributed by atoms with E-state index in [0.717, 1.165) is 11.1 Å². The Hall–Kier alpha value is -2.93. The lowest BCUT2D eigenvalue weighted by Gasteiger charge is -2.19. The quantitative estimate of drug-likeness (QED) is 0.932. The van der Waals surface area contributed by atoms with Crippen molar-refractivity contribution in [3.63, 3.8) is 0 Å². The van der Waals surface area contributed by atoms with Crippen molar-refractivity contribution < 1.29 is 4.79 Å². The number of fused-ring (bicyclic) bond motifs is 1. The zero-order valence-electron chi connectivity index (χ0n) is 11.3. The summed E-state index contributed by atoms with van der Waals surface area (Å²) in [6.07, 6.45) is 1.91. The van der Waals surface area contributed by atoms with E-state index >= 15 is 0 Å². The van der Waals surface area contributed by atoms with Gasteiger partial charge in [-0.3, -0.25) is 9.78 Å². The third-order valence-electron chi connectivity index (χ3n) is 3.43. The van der Waals surface area contributed by atoms with Crippen molar-refractivity contribution in [1.29, 1.82) is 5.26 Å². The minimum Gasteiger partial charge on any atom is -0.378 e. The predicted molar refractivity (Wildman–Crippen MR) is 78.8 cm³/mol. The molecule has 0 unspecified atom stereocenters. The molecule has 2 aromatic rings. The van der Waals surface area contributed by atoms with Gasteiger partial charge in [-0.05, 0) is 17.2 Å². The van der Waals surface area contributed by atoms with Gasteiger partial charge in [0.15, 0.2) is 5.78 Å². The summed E-state index contributed by atoms with van der Waals surface area (Å²) in [5.74, 6) is -0.159. The number of hydrogen-bond acceptors (Lipinski definition) is 4. The summed E-state index contributed by atoms with van der Waals surface area (Å²) < 4.78 is 0. The highest BCUT2D eigenvalue weighted by atomic mass is 16.1. The molecule has 0 saturated carbocycles. The van der Waals surface area contributed by atoms with Crippen LogP contribution in [0.25, 0.3) is 5.70 Å². The summed E-state index contributed by atoms with van der Waals surface area (Å²) in [5, 5.41) is 12.5. The van der Waals surface area contributed by atoms with E-state index in [1.165, 1.54) is 0 Å². The van der Waals surface area contributed by atoms with Gasteiger partial charge in [-0.15, -0.1) is 0 Å². The maximum atomic E-state index is 12.1. The maximum Gasteiger partial charge on any atom is 0.180 e. The topological polar surface area (TPSA) is 65.8 Å². The number of carbonyl (C=O) groups excluding carboxylic acids is 1. The maximum absolute atomic E-state index is 12.1. The van der Waals surface area contributed by atoms with Crippen molar-refractivity contribution >= 4 is 11.5 Å². The first-order valence-corrected chi connectivity index (χ1v) is 6.69. The van der Waals surface area contributed by atoms with Crippen molar-refractivity contribution in [2.45, 2.75) is 13.0 Å². The van der Waals surface area contributed by atoms with Crippen LogP contribution in [0, 0.1) is 11.3 Å². The SMILES string of the molecule is N#CC1=C(NCc2ccccc2)c2ncccc2CC1=O. The van der Waals surface area contributed by atoms with Crippen LogP contribution in [0.3, 0.4) is 0 Å². The van der Waals surface area contributed by atoms with Gasteiger partial charge < -0.3 is 5.32 Å². The van der Waals surface area contributed by atoms with Crippen LogP contribution in [0.4, 0.5) is 0 Å². The highest BCUT2D eigenvalue weighted by molar-refractivity contribution is 6.09. The molecule has 0 spiro atoms. The number of hydrogen-bond donors (Lipinski definition) is 1. The van der Waals surface area contributed by atoms with E-state index in [-0.39, 0.29) is 17.8 Å². The molecule has 0 radical (unpaired) electrons. The molecule has 1 aliphatic rings. The molecule has 1 aromatic heterocycles. The number of aromatic nitrogens is 1. The van der Waals surface area contributed by atoms with E-state index in [1.54, 1.807) is 12.3 Å². The van der Waals surface area contributed by atoms with Crippen molar-refractivity contribution in [2.75, 3.05) is 0 Å². The summed E-state index contributed by atoms with van der Waals surface area (Å²) in [7, 11) is 0. The van der Waals surface area contributed by atoms with E-state index in [1.807, 2.05) is 42.5 Å². The Labute approximate surface area is 122 Å². The van der Waals surface area contributed by atoms with Crippen LogP contribution in [0.2, 0.25) is 0 Å². The van der Waals surface area contributed by atoms with E-state index in [0.29, 0.717) is 17.9 Å². The number of pyridine rings is 1. The van der Waals surface area contributed by atoms with Gasteiger partial charge in [0.2, 0.25) is 0 Å². The zero-order chi connectivity index (χ0) is 14.7. The Morgan fingerprint density at radius 2 is 2.00 bits per heavy atom. The molecule has 4 heteroatoms. The fourth-order valence-corrected chi connectivity index (χ4v) is 2.40. The minimum atomic E-state index is -0.159. The average Bonchev–Trinajstić information content (AvgIpc) is 2.53. The van der Waals surface area contributed by atoms with Gasteiger partial charge in [-0.2, -0.15) is 5.26 Å². The van der Waals surface area contributed by atoms with Crippen molar-refractivity contribution in [3.8, 4) is 6.07 Å². The van der Waals surface area contributed by atoms with Crippen LogP contribution in [0.5, 0.6) is 0 Å². The monoisotopic (exact) mass is 275 g/mol. The Kier molecular flexibility index (Phi) is 3.48. The molecule has 0 fully saturated rings. The molecule has 102 valence electrons. The van der Waals surface area contributed by atoms with Gasteiger partial charge >= 0.3 is 0 Å². The normalized spacial score (nSPS) is 13.6. The van der Waals surface area contributed by atoms with Crippen LogP contribution in [0.15, 0.2) is 54.2 Å². The number of Topliss-reactive ketones (excluding diaryl/α,β-unsaturated/α-hetero) is 1. The Morgan fingerprint density at radius 3 is 2.76 bits per heavy atom. The van der Waals surface area contributed by atoms with Gasteiger partial charge in [-0.25, -0.2) is 0 Å². The second-order valence-electron chi connectivity index (χ2n) is 4.81. The van der Waals surface area contributed by atoms with Crippen molar-refractivity contribution in [1.82, 2.24) is 10.3 Å². The zero-order valence-corrected chi connectivity index (χ0v) is 11.3. The smallest absolute Gasteiger partial charge is 0.180 e. The van der Waals surface area contributed by atoms with Crippen LogP contribution < -0.4 is 5.32 Å². The third kappa shape index (κ3) is 2.54. The van der Waals surface area contributed by atoms with E-state index < -0.39 is 0 Å². The van der Waals surface area contributed by atoms with Crippen molar-refractivity contribution in [2.24, 2.45) is 0 Å². The molecule has 1 aliphatic carbocycles. The van der Waals surface area contributed by atoms with Crippen LogP contribution in [-0.4, -0.2) is 10.8 Å². The molecule has 0 amide bonds. The number of nitrogens with zero attached hydrogens (tertiary/aromatic N) is 2. The number of carbonyl (C=O) groups is 1. The molecule has 3 rings (SSSR count). The molecule has 1 N–H and O–H groups in total. The van der Waals surface area contributed by atoms with E-state index in [4.69, 9.17) is 0 Å². The molecular formula is C17H13N3O. The Morgan fingerprint density at radius 1 is 1.19 bits per heavy atom. The molecular weight excluding hydrogens is 262 g/mol. The summed E-state index contributed by atoms with van der Waals surface area (Å²) in [6, 6.07) is 15.5. The summed E-state index contributed by atoms with van der Waals surface area (Å²) in [5.41, 5.74) is 3.34. The van der Waals surface area contributed by atoms with Crippen LogP contribution >= 0.6 is 0 Å². The molecule has 0 aliphatic heterocycles. The minimum absolute atomic E-state index is 0.159. The van der Waals surface area contributed by atoms with Crippen LogP contribution in [0.1, 0.15) is 16.8 Å². The molecule has 21 heavy (non-hydrogen) atoms. The standard InChI is InChI=1S/C17H13N3O/c18-10-14-15(21)9-13-7-4-8-19-16(13)17(14)20-11-12-5-2-1-3-6-12/h1-8,20H,9,11H2. The largest absolute Gasteiger partial charge is 0.378 e. The molecule has 1 heterocycles. The number of nitriles is 1. The fourth-order valence-electron chi connectivity index (χ4n) is 2.40. The van der Waals surface area contributed by atoms with Gasteiger partial charge in [0.1, 0.15) is 11.6 Å². The number of nitrogens with one attached hydrogen (secondary N) is 1. The van der Waals surface area contributed by atoms with Gasteiger partial charge in [0.25, 0.3) is 0 Å². The number of rotatable bonds is 3. The lowest BCUT2D eigenvalue weighted by molar-refractivity contribution is -0.114. The lowest BCUT2D eigenvalue weighted by Crippen LogP contribution is -2.24. The second-order valence-corrected chi connectivity index (χ2v) is 4.81. The summed E-state index contributed by atoms with van der Waals surface area (Å²) in [6.45, 7) is 0.546. The van der Waals surface area contributed by atoms with E-state index in [9.17, 15) is 10.1 Å². The van der Waals surface area contributed by atoms with Crippen LogP contribution in [-0.2, 0) is 17.8 Å². The third-order valence-corrected chi connectivity index (χ3v) is 3.43. The van der Waals surface area contributed by atoms with Gasteiger partial charge in [-0.1, -0.05) is 36.4 Å². The summed E-state index contributed by atoms with van der Waals surface area (Å²) in [4.78, 5) is 16.4. The Balaban J connectivity index is 1.96. The molecule has 1 aromatic carbocycles. The molecule has 0 bridgehead atoms. The highest BCUT2D eigenvalue weighted by Gasteiger charge is 2.26. The van der Waals surface area contributed by atoms with Crippen molar-refractivity contribution in [3.05, 3.63) is 71.1 Å². The second kappa shape index (κ2) is 5.59. The number of allylic oxidation sites excluding steroid dienone is 1. The van der Waals surface area contributed by atoms with Gasteiger partial charge in [0.05, 0.1) is 11.4 Å².